The van der Waals surface area contributed by atoms with Gasteiger partial charge >= 0.3 is 0 Å². The van der Waals surface area contributed by atoms with Crippen LogP contribution in [0.5, 0.6) is 0 Å². The van der Waals surface area contributed by atoms with E-state index in [0.717, 1.165) is 21.6 Å². The normalized spacial score (nSPS) is 31.6. The lowest BCUT2D eigenvalue weighted by Gasteiger charge is -2.37. The van der Waals surface area contributed by atoms with Gasteiger partial charge in [-0.3, -0.25) is 0 Å². The lowest BCUT2D eigenvalue weighted by atomic mass is 9.98. The van der Waals surface area contributed by atoms with Crippen molar-refractivity contribution in [2.24, 2.45) is 0 Å². The summed E-state index contributed by atoms with van der Waals surface area (Å²) < 4.78 is 0.963. The molecule has 1 N–H and O–H groups in total. The minimum atomic E-state index is 0.603. The molecular formula is C14H18BrClN2. The molecule has 1 aromatic rings. The average molecular weight is 330 g/mol. The van der Waals surface area contributed by atoms with E-state index in [9.17, 15) is 0 Å². The number of piperidine rings is 1. The van der Waals surface area contributed by atoms with Crippen molar-refractivity contribution >= 4 is 33.2 Å². The average Bonchev–Trinajstić information content (AvgIpc) is 2.58. The van der Waals surface area contributed by atoms with Crippen LogP contribution < -0.4 is 5.32 Å². The smallest absolute Gasteiger partial charge is 0.0549 e. The van der Waals surface area contributed by atoms with Crippen molar-refractivity contribution in [1.29, 1.82) is 0 Å². The Labute approximate surface area is 122 Å². The van der Waals surface area contributed by atoms with E-state index >= 15 is 0 Å². The van der Waals surface area contributed by atoms with Crippen molar-refractivity contribution in [3.63, 3.8) is 0 Å². The number of rotatable bonds is 2. The first-order chi connectivity index (χ1) is 8.63. The van der Waals surface area contributed by atoms with Crippen LogP contribution in [0.25, 0.3) is 0 Å². The molecular weight excluding hydrogens is 312 g/mol. The largest absolute Gasteiger partial charge is 0.382 e. The van der Waals surface area contributed by atoms with Gasteiger partial charge in [0.15, 0.2) is 0 Å². The first kappa shape index (κ1) is 12.8. The van der Waals surface area contributed by atoms with E-state index in [1.54, 1.807) is 0 Å². The van der Waals surface area contributed by atoms with E-state index in [1.165, 1.54) is 31.4 Å². The molecule has 1 aromatic carbocycles. The first-order valence-corrected chi connectivity index (χ1v) is 7.74. The molecule has 0 spiro atoms. The van der Waals surface area contributed by atoms with Gasteiger partial charge in [0.25, 0.3) is 0 Å². The zero-order valence-corrected chi connectivity index (χ0v) is 12.8. The standard InChI is InChI=1S/C14H18BrClN2/c1-18-11-3-4-12(18)7-10(6-11)17-9-2-5-14(16)13(15)8-9/h2,5,8,10-12,17H,3-4,6-7H2,1H3. The zero-order valence-electron chi connectivity index (χ0n) is 10.5. The van der Waals surface area contributed by atoms with Crippen molar-refractivity contribution in [1.82, 2.24) is 4.90 Å². The highest BCUT2D eigenvalue weighted by molar-refractivity contribution is 9.10. The van der Waals surface area contributed by atoms with E-state index in [4.69, 9.17) is 11.6 Å². The Balaban J connectivity index is 1.68. The first-order valence-electron chi connectivity index (χ1n) is 6.57. The molecule has 4 heteroatoms. The molecule has 3 rings (SSSR count). The van der Waals surface area contributed by atoms with Crippen LogP contribution in [0.15, 0.2) is 22.7 Å². The van der Waals surface area contributed by atoms with Crippen LogP contribution in [-0.4, -0.2) is 30.1 Å². The second-order valence-corrected chi connectivity index (χ2v) is 6.75. The molecule has 2 heterocycles. The highest BCUT2D eigenvalue weighted by Gasteiger charge is 2.38. The molecule has 0 saturated carbocycles. The molecule has 18 heavy (non-hydrogen) atoms. The van der Waals surface area contributed by atoms with Crippen LogP contribution in [-0.2, 0) is 0 Å². The maximum absolute atomic E-state index is 6.02. The van der Waals surface area contributed by atoms with Crippen LogP contribution in [0.2, 0.25) is 5.02 Å². The number of nitrogens with one attached hydrogen (secondary N) is 1. The summed E-state index contributed by atoms with van der Waals surface area (Å²) in [5.41, 5.74) is 1.17. The van der Waals surface area contributed by atoms with E-state index < -0.39 is 0 Å². The molecule has 0 aromatic heterocycles. The van der Waals surface area contributed by atoms with Crippen LogP contribution in [0.4, 0.5) is 5.69 Å². The lowest BCUT2D eigenvalue weighted by Crippen LogP contribution is -2.44. The van der Waals surface area contributed by atoms with Gasteiger partial charge in [0, 0.05) is 28.3 Å². The highest BCUT2D eigenvalue weighted by Crippen LogP contribution is 2.36. The summed E-state index contributed by atoms with van der Waals surface area (Å²) in [5, 5.41) is 4.42. The van der Waals surface area contributed by atoms with Crippen molar-refractivity contribution in [3.05, 3.63) is 27.7 Å². The van der Waals surface area contributed by atoms with Crippen LogP contribution >= 0.6 is 27.5 Å². The lowest BCUT2D eigenvalue weighted by molar-refractivity contribution is 0.169. The molecule has 2 aliphatic heterocycles. The summed E-state index contributed by atoms with van der Waals surface area (Å²) in [6, 6.07) is 8.23. The number of fused-ring (bicyclic) bond motifs is 2. The third kappa shape index (κ3) is 2.40. The summed E-state index contributed by atoms with van der Waals surface area (Å²) in [6.07, 6.45) is 5.24. The van der Waals surface area contributed by atoms with Crippen LogP contribution in [0.1, 0.15) is 25.7 Å². The Morgan fingerprint density at radius 2 is 1.94 bits per heavy atom. The Bertz CT molecular complexity index is 437. The number of benzene rings is 1. The Morgan fingerprint density at radius 1 is 1.28 bits per heavy atom. The molecule has 98 valence electrons. The number of nitrogens with zero attached hydrogens (tertiary/aromatic N) is 1. The second-order valence-electron chi connectivity index (χ2n) is 5.49. The fraction of sp³-hybridized carbons (Fsp3) is 0.571. The summed E-state index contributed by atoms with van der Waals surface area (Å²) in [6.45, 7) is 0. The molecule has 0 aliphatic carbocycles. The van der Waals surface area contributed by atoms with Gasteiger partial charge in [-0.15, -0.1) is 0 Å². The summed E-state index contributed by atoms with van der Waals surface area (Å²) >= 11 is 9.49. The zero-order chi connectivity index (χ0) is 12.7. The van der Waals surface area contributed by atoms with Crippen molar-refractivity contribution < 1.29 is 0 Å². The molecule has 2 aliphatic rings. The van der Waals surface area contributed by atoms with Gasteiger partial charge in [-0.25, -0.2) is 0 Å². The third-order valence-corrected chi connectivity index (χ3v) is 5.60. The van der Waals surface area contributed by atoms with Gasteiger partial charge in [-0.2, -0.15) is 0 Å². The fourth-order valence-corrected chi connectivity index (χ4v) is 3.85. The van der Waals surface area contributed by atoms with Gasteiger partial charge in [-0.1, -0.05) is 11.6 Å². The summed E-state index contributed by atoms with van der Waals surface area (Å²) in [5.74, 6) is 0. The molecule has 0 radical (unpaired) electrons. The van der Waals surface area contributed by atoms with Gasteiger partial charge in [0.1, 0.15) is 0 Å². The summed E-state index contributed by atoms with van der Waals surface area (Å²) in [7, 11) is 2.28. The number of hydrogen-bond acceptors (Lipinski definition) is 2. The minimum absolute atomic E-state index is 0.603. The molecule has 2 bridgehead atoms. The van der Waals surface area contributed by atoms with Gasteiger partial charge in [-0.05, 0) is 66.9 Å². The third-order valence-electron chi connectivity index (χ3n) is 4.39. The van der Waals surface area contributed by atoms with Gasteiger partial charge < -0.3 is 10.2 Å². The van der Waals surface area contributed by atoms with Gasteiger partial charge in [0.05, 0.1) is 5.02 Å². The van der Waals surface area contributed by atoms with E-state index in [2.05, 4.69) is 45.3 Å². The monoisotopic (exact) mass is 328 g/mol. The SMILES string of the molecule is CN1C2CCC1CC(Nc1ccc(Cl)c(Br)c1)C2. The highest BCUT2D eigenvalue weighted by atomic mass is 79.9. The Hall–Kier alpha value is -0.250. The maximum Gasteiger partial charge on any atom is 0.0549 e. The topological polar surface area (TPSA) is 15.3 Å². The molecule has 2 nitrogen and oxygen atoms in total. The Morgan fingerprint density at radius 3 is 2.56 bits per heavy atom. The van der Waals surface area contributed by atoms with E-state index in [1.807, 2.05) is 6.07 Å². The Kier molecular flexibility index (Phi) is 3.57. The molecule has 2 unspecified atom stereocenters. The second kappa shape index (κ2) is 5.03. The quantitative estimate of drug-likeness (QED) is 0.877. The van der Waals surface area contributed by atoms with E-state index in [-0.39, 0.29) is 0 Å². The van der Waals surface area contributed by atoms with Gasteiger partial charge in [0.2, 0.25) is 0 Å². The number of halogens is 2. The molecule has 2 atom stereocenters. The molecule has 2 fully saturated rings. The minimum Gasteiger partial charge on any atom is -0.382 e. The maximum atomic E-state index is 6.02. The van der Waals surface area contributed by atoms with Crippen molar-refractivity contribution in [3.8, 4) is 0 Å². The molecule has 2 saturated heterocycles. The van der Waals surface area contributed by atoms with Crippen molar-refractivity contribution in [2.75, 3.05) is 12.4 Å². The molecule has 0 amide bonds. The summed E-state index contributed by atoms with van der Waals surface area (Å²) in [4.78, 5) is 2.57. The van der Waals surface area contributed by atoms with Crippen LogP contribution in [0, 0.1) is 0 Å². The number of anilines is 1. The van der Waals surface area contributed by atoms with E-state index in [0.29, 0.717) is 6.04 Å². The fourth-order valence-electron chi connectivity index (χ4n) is 3.35. The predicted octanol–water partition coefficient (Wildman–Crippen LogP) is 4.14. The van der Waals surface area contributed by atoms with Crippen molar-refractivity contribution in [2.45, 2.75) is 43.8 Å². The predicted molar refractivity (Wildman–Crippen MR) is 80.4 cm³/mol. The number of hydrogen-bond donors (Lipinski definition) is 1. The van der Waals surface area contributed by atoms with Crippen LogP contribution in [0.3, 0.4) is 0 Å².